The Morgan fingerprint density at radius 2 is 1.31 bits per heavy atom. The van der Waals surface area contributed by atoms with Gasteiger partial charge in [0.25, 0.3) is 0 Å². The van der Waals surface area contributed by atoms with E-state index in [1.54, 1.807) is 0 Å². The molecule has 0 heterocycles. The van der Waals surface area contributed by atoms with Crippen LogP contribution in [-0.2, 0) is 9.47 Å². The third-order valence-corrected chi connectivity index (χ3v) is 8.21. The minimum absolute atomic E-state index is 0.0432. The fourth-order valence-corrected chi connectivity index (χ4v) is 5.74. The largest absolute Gasteiger partial charge is 0.394 e. The average Bonchev–Trinajstić information content (AvgIpc) is 2.92. The highest BCUT2D eigenvalue weighted by molar-refractivity contribution is 5.15. The lowest BCUT2D eigenvalue weighted by Crippen LogP contribution is -2.34. The number of allylic oxidation sites excluding steroid dienone is 11. The van der Waals surface area contributed by atoms with Gasteiger partial charge in [-0.25, -0.2) is 0 Å². The second-order valence-corrected chi connectivity index (χ2v) is 12.8. The SMILES string of the molecule is C=C(CC/C=C(\C)CCC=C(C)C)CCC1C=C(CC/C=C(\C)CCC=C(C)C)CC(COCCO)C1COCCO. The summed E-state index contributed by atoms with van der Waals surface area (Å²) in [5.41, 5.74) is 8.55. The second kappa shape index (κ2) is 23.7. The van der Waals surface area contributed by atoms with E-state index in [0.717, 1.165) is 70.6 Å². The number of aliphatic hydroxyl groups excluding tert-OH is 2. The van der Waals surface area contributed by atoms with E-state index < -0.39 is 0 Å². The smallest absolute Gasteiger partial charge is 0.0697 e. The summed E-state index contributed by atoms with van der Waals surface area (Å²) in [7, 11) is 0. The van der Waals surface area contributed by atoms with Gasteiger partial charge in [0.2, 0.25) is 0 Å². The van der Waals surface area contributed by atoms with Crippen molar-refractivity contribution in [1.29, 1.82) is 0 Å². The van der Waals surface area contributed by atoms with Crippen molar-refractivity contribution in [2.24, 2.45) is 17.8 Å². The van der Waals surface area contributed by atoms with Crippen LogP contribution in [0.4, 0.5) is 0 Å². The van der Waals surface area contributed by atoms with Crippen LogP contribution in [0, 0.1) is 17.8 Å². The summed E-state index contributed by atoms with van der Waals surface area (Å²) in [5.74, 6) is 1.09. The molecule has 0 spiro atoms. The van der Waals surface area contributed by atoms with Crippen LogP contribution in [-0.4, -0.2) is 49.9 Å². The van der Waals surface area contributed by atoms with Crippen molar-refractivity contribution in [2.45, 2.75) is 112 Å². The Morgan fingerprint density at radius 1 is 0.762 bits per heavy atom. The Bertz CT molecular complexity index is 896. The Balaban J connectivity index is 2.87. The van der Waals surface area contributed by atoms with Crippen LogP contribution in [0.2, 0.25) is 0 Å². The third-order valence-electron chi connectivity index (χ3n) is 8.21. The first-order chi connectivity index (χ1) is 20.2. The Hall–Kier alpha value is -1.72. The molecule has 0 amide bonds. The topological polar surface area (TPSA) is 58.9 Å². The third kappa shape index (κ3) is 18.7. The molecule has 1 aliphatic rings. The maximum absolute atomic E-state index is 9.32. The van der Waals surface area contributed by atoms with Gasteiger partial charge in [0.15, 0.2) is 0 Å². The first kappa shape index (κ1) is 38.3. The predicted octanol–water partition coefficient (Wildman–Crippen LogP) is 9.47. The van der Waals surface area contributed by atoms with E-state index in [4.69, 9.17) is 9.47 Å². The highest BCUT2D eigenvalue weighted by Crippen LogP contribution is 2.39. The monoisotopic (exact) mass is 584 g/mol. The molecule has 0 saturated carbocycles. The van der Waals surface area contributed by atoms with E-state index in [2.05, 4.69) is 78.5 Å². The molecule has 0 aromatic heterocycles. The Labute approximate surface area is 259 Å². The van der Waals surface area contributed by atoms with E-state index in [9.17, 15) is 10.2 Å². The molecule has 1 aliphatic carbocycles. The van der Waals surface area contributed by atoms with E-state index in [-0.39, 0.29) is 13.2 Å². The summed E-state index contributed by atoms with van der Waals surface area (Å²) in [4.78, 5) is 0. The fourth-order valence-electron chi connectivity index (χ4n) is 5.74. The molecule has 0 bridgehead atoms. The van der Waals surface area contributed by atoms with Gasteiger partial charge in [-0.05, 0) is 130 Å². The molecular formula is C38H64O4. The first-order valence-electron chi connectivity index (χ1n) is 16.5. The molecule has 0 radical (unpaired) electrons. The van der Waals surface area contributed by atoms with Gasteiger partial charge in [0, 0.05) is 0 Å². The predicted molar refractivity (Wildman–Crippen MR) is 181 cm³/mol. The maximum Gasteiger partial charge on any atom is 0.0697 e. The van der Waals surface area contributed by atoms with Crippen LogP contribution < -0.4 is 0 Å². The number of hydrogen-bond acceptors (Lipinski definition) is 4. The molecule has 4 heteroatoms. The van der Waals surface area contributed by atoms with Crippen molar-refractivity contribution >= 4 is 0 Å². The quantitative estimate of drug-likeness (QED) is 0.0927. The molecule has 3 unspecified atom stereocenters. The zero-order chi connectivity index (χ0) is 31.2. The maximum atomic E-state index is 9.32. The van der Waals surface area contributed by atoms with Gasteiger partial charge in [-0.3, -0.25) is 0 Å². The van der Waals surface area contributed by atoms with Crippen LogP contribution in [0.1, 0.15) is 112 Å². The molecule has 2 N–H and O–H groups in total. The zero-order valence-electron chi connectivity index (χ0n) is 28.1. The van der Waals surface area contributed by atoms with Gasteiger partial charge in [-0.1, -0.05) is 70.4 Å². The summed E-state index contributed by atoms with van der Waals surface area (Å²) in [6, 6.07) is 0. The summed E-state index contributed by atoms with van der Waals surface area (Å²) in [6.45, 7) is 19.7. The van der Waals surface area contributed by atoms with Crippen molar-refractivity contribution in [2.75, 3.05) is 39.6 Å². The summed E-state index contributed by atoms with van der Waals surface area (Å²) in [6.07, 6.45) is 23.8. The normalized spacial score (nSPS) is 19.4. The molecule has 0 fully saturated rings. The van der Waals surface area contributed by atoms with E-state index in [0.29, 0.717) is 44.2 Å². The summed E-state index contributed by atoms with van der Waals surface area (Å²) < 4.78 is 11.8. The lowest BCUT2D eigenvalue weighted by molar-refractivity contribution is -0.00380. The number of hydrogen-bond donors (Lipinski definition) is 2. The van der Waals surface area contributed by atoms with Gasteiger partial charge in [0.1, 0.15) is 0 Å². The lowest BCUT2D eigenvalue weighted by atomic mass is 9.71. The molecule has 240 valence electrons. The van der Waals surface area contributed by atoms with Gasteiger partial charge in [0.05, 0.1) is 39.6 Å². The van der Waals surface area contributed by atoms with Crippen molar-refractivity contribution in [3.8, 4) is 0 Å². The van der Waals surface area contributed by atoms with Gasteiger partial charge >= 0.3 is 0 Å². The van der Waals surface area contributed by atoms with Gasteiger partial charge in [-0.15, -0.1) is 0 Å². The molecule has 1 rings (SSSR count). The Kier molecular flexibility index (Phi) is 21.6. The highest BCUT2D eigenvalue weighted by Gasteiger charge is 2.33. The minimum atomic E-state index is 0.0432. The molecule has 0 aromatic carbocycles. The first-order valence-corrected chi connectivity index (χ1v) is 16.5. The van der Waals surface area contributed by atoms with E-state index in [1.165, 1.54) is 33.4 Å². The second-order valence-electron chi connectivity index (χ2n) is 12.8. The van der Waals surface area contributed by atoms with Crippen LogP contribution in [0.15, 0.2) is 70.4 Å². The summed E-state index contributed by atoms with van der Waals surface area (Å²) in [5, 5.41) is 18.6. The lowest BCUT2D eigenvalue weighted by Gasteiger charge is -2.37. The number of ether oxygens (including phenoxy) is 2. The standard InChI is InChI=1S/C38H64O4/c1-30(2)12-8-14-32(5)16-10-17-34(7)20-21-36-26-35(19-11-18-33(6)15-9-13-31(3)4)27-37(28-41-24-22-39)38(36)29-42-25-23-40/h12-13,16,18,26,36-40H,7-11,14-15,17,19-25,27-29H2,1-6H3/b32-16+,33-18+. The highest BCUT2D eigenvalue weighted by atomic mass is 16.5. The van der Waals surface area contributed by atoms with Gasteiger partial charge < -0.3 is 19.7 Å². The average molecular weight is 585 g/mol. The molecular weight excluding hydrogens is 520 g/mol. The fraction of sp³-hybridized carbons (Fsp3) is 0.684. The number of aliphatic hydroxyl groups is 2. The molecule has 4 nitrogen and oxygen atoms in total. The molecule has 0 saturated heterocycles. The van der Waals surface area contributed by atoms with Crippen molar-refractivity contribution in [3.63, 3.8) is 0 Å². The van der Waals surface area contributed by atoms with Crippen molar-refractivity contribution in [3.05, 3.63) is 70.4 Å². The van der Waals surface area contributed by atoms with Crippen molar-refractivity contribution in [1.82, 2.24) is 0 Å². The van der Waals surface area contributed by atoms with E-state index >= 15 is 0 Å². The van der Waals surface area contributed by atoms with E-state index in [1.807, 2.05) is 0 Å². The minimum Gasteiger partial charge on any atom is -0.394 e. The summed E-state index contributed by atoms with van der Waals surface area (Å²) >= 11 is 0. The van der Waals surface area contributed by atoms with Gasteiger partial charge in [-0.2, -0.15) is 0 Å². The molecule has 3 atom stereocenters. The molecule has 42 heavy (non-hydrogen) atoms. The van der Waals surface area contributed by atoms with Crippen molar-refractivity contribution < 1.29 is 19.7 Å². The van der Waals surface area contributed by atoms with Crippen LogP contribution in [0.3, 0.4) is 0 Å². The van der Waals surface area contributed by atoms with Crippen LogP contribution in [0.5, 0.6) is 0 Å². The Morgan fingerprint density at radius 3 is 1.88 bits per heavy atom. The number of rotatable bonds is 23. The molecule has 0 aromatic rings. The van der Waals surface area contributed by atoms with Crippen LogP contribution >= 0.6 is 0 Å². The zero-order valence-corrected chi connectivity index (χ0v) is 28.1. The van der Waals surface area contributed by atoms with Crippen LogP contribution in [0.25, 0.3) is 0 Å². The molecule has 0 aliphatic heterocycles.